The first-order valence-electron chi connectivity index (χ1n) is 8.84. The number of carbonyl (C=O) groups is 1. The third kappa shape index (κ3) is 2.98. The van der Waals surface area contributed by atoms with Crippen LogP contribution in [0.15, 0.2) is 28.7 Å². The van der Waals surface area contributed by atoms with Gasteiger partial charge in [0, 0.05) is 25.7 Å². The van der Waals surface area contributed by atoms with Gasteiger partial charge in [-0.05, 0) is 44.4 Å². The second-order valence-corrected chi connectivity index (χ2v) is 6.92. The van der Waals surface area contributed by atoms with Crippen LogP contribution in [-0.4, -0.2) is 48.0 Å². The number of nitrogens with zero attached hydrogens (tertiary/aromatic N) is 3. The number of carbonyl (C=O) groups excluding carboxylic acids is 1. The average molecular weight is 328 g/mol. The first-order valence-corrected chi connectivity index (χ1v) is 8.84. The number of hydrogen-bond acceptors (Lipinski definition) is 5. The highest BCUT2D eigenvalue weighted by molar-refractivity contribution is 5.77. The van der Waals surface area contributed by atoms with Gasteiger partial charge in [0.2, 0.25) is 5.91 Å². The number of hydrogen-bond donors (Lipinski definition) is 1. The zero-order chi connectivity index (χ0) is 16.5. The molecule has 6 heteroatoms. The zero-order valence-electron chi connectivity index (χ0n) is 13.9. The van der Waals surface area contributed by atoms with Crippen molar-refractivity contribution in [1.82, 2.24) is 9.88 Å². The Morgan fingerprint density at radius 3 is 2.71 bits per heavy atom. The van der Waals surface area contributed by atoms with Gasteiger partial charge < -0.3 is 15.1 Å². The van der Waals surface area contributed by atoms with E-state index in [-0.39, 0.29) is 11.8 Å². The Labute approximate surface area is 141 Å². The number of rotatable bonds is 3. The van der Waals surface area contributed by atoms with E-state index in [2.05, 4.69) is 14.8 Å². The second kappa shape index (κ2) is 6.43. The summed E-state index contributed by atoms with van der Waals surface area (Å²) in [6.07, 6.45) is 4.15. The molecule has 2 aliphatic rings. The van der Waals surface area contributed by atoms with Crippen molar-refractivity contribution in [2.45, 2.75) is 31.7 Å². The maximum Gasteiger partial charge on any atom is 0.298 e. The van der Waals surface area contributed by atoms with Crippen LogP contribution in [0.1, 0.15) is 25.7 Å². The minimum Gasteiger partial charge on any atom is -0.423 e. The van der Waals surface area contributed by atoms with E-state index in [4.69, 9.17) is 10.2 Å². The summed E-state index contributed by atoms with van der Waals surface area (Å²) in [4.78, 5) is 20.8. The summed E-state index contributed by atoms with van der Waals surface area (Å²) in [6.45, 7) is 3.78. The molecule has 0 bridgehead atoms. The number of fused-ring (bicyclic) bond motifs is 1. The number of benzene rings is 1. The van der Waals surface area contributed by atoms with Crippen molar-refractivity contribution in [3.05, 3.63) is 24.3 Å². The molecule has 2 N–H and O–H groups in total. The lowest BCUT2D eigenvalue weighted by Gasteiger charge is -2.41. The Morgan fingerprint density at radius 2 is 1.96 bits per heavy atom. The molecule has 0 radical (unpaired) electrons. The van der Waals surface area contributed by atoms with Gasteiger partial charge in [-0.25, -0.2) is 0 Å². The van der Waals surface area contributed by atoms with E-state index in [0.29, 0.717) is 6.04 Å². The second-order valence-electron chi connectivity index (χ2n) is 6.92. The van der Waals surface area contributed by atoms with Gasteiger partial charge in [-0.1, -0.05) is 12.1 Å². The van der Waals surface area contributed by atoms with Gasteiger partial charge in [-0.15, -0.1) is 0 Å². The summed E-state index contributed by atoms with van der Waals surface area (Å²) in [7, 11) is 0. The summed E-state index contributed by atoms with van der Waals surface area (Å²) in [6, 6.07) is 9.14. The van der Waals surface area contributed by atoms with Gasteiger partial charge in [-0.2, -0.15) is 4.98 Å². The molecule has 1 aromatic carbocycles. The zero-order valence-corrected chi connectivity index (χ0v) is 13.9. The van der Waals surface area contributed by atoms with Crippen LogP contribution in [0.5, 0.6) is 0 Å². The fourth-order valence-electron chi connectivity index (χ4n) is 3.99. The number of aromatic nitrogens is 1. The van der Waals surface area contributed by atoms with Crippen LogP contribution >= 0.6 is 0 Å². The van der Waals surface area contributed by atoms with Crippen molar-refractivity contribution < 1.29 is 9.21 Å². The number of anilines is 1. The molecule has 0 aliphatic carbocycles. The molecule has 0 saturated carbocycles. The molecule has 1 unspecified atom stereocenters. The third-order valence-corrected chi connectivity index (χ3v) is 5.39. The van der Waals surface area contributed by atoms with E-state index in [1.165, 1.54) is 0 Å². The Hall–Kier alpha value is -2.08. The molecular formula is C18H24N4O2. The van der Waals surface area contributed by atoms with Crippen LogP contribution in [0.25, 0.3) is 11.1 Å². The third-order valence-electron chi connectivity index (χ3n) is 5.39. The van der Waals surface area contributed by atoms with Crippen LogP contribution in [0.2, 0.25) is 0 Å². The number of piperidine rings is 2. The highest BCUT2D eigenvalue weighted by Gasteiger charge is 2.31. The predicted octanol–water partition coefficient (Wildman–Crippen LogP) is 1.99. The van der Waals surface area contributed by atoms with Crippen LogP contribution in [0, 0.1) is 5.92 Å². The smallest absolute Gasteiger partial charge is 0.298 e. The van der Waals surface area contributed by atoms with Gasteiger partial charge in [0.25, 0.3) is 6.01 Å². The Bertz CT molecular complexity index is 688. The highest BCUT2D eigenvalue weighted by atomic mass is 16.4. The molecule has 128 valence electrons. The minimum atomic E-state index is -0.149. The maximum absolute atomic E-state index is 11.5. The lowest BCUT2D eigenvalue weighted by molar-refractivity contribution is -0.123. The van der Waals surface area contributed by atoms with Crippen LogP contribution < -0.4 is 10.6 Å². The van der Waals surface area contributed by atoms with Crippen LogP contribution in [0.3, 0.4) is 0 Å². The number of amides is 1. The monoisotopic (exact) mass is 328 g/mol. The molecule has 24 heavy (non-hydrogen) atoms. The first kappa shape index (κ1) is 15.4. The summed E-state index contributed by atoms with van der Waals surface area (Å²) in [5, 5.41) is 0. The molecule has 2 saturated heterocycles. The first-order chi connectivity index (χ1) is 11.7. The molecule has 1 atom stereocenters. The fourth-order valence-corrected chi connectivity index (χ4v) is 3.99. The van der Waals surface area contributed by atoms with Crippen molar-refractivity contribution in [2.24, 2.45) is 11.7 Å². The molecule has 1 amide bonds. The van der Waals surface area contributed by atoms with Crippen molar-refractivity contribution in [3.63, 3.8) is 0 Å². The normalized spacial score (nSPS) is 23.7. The van der Waals surface area contributed by atoms with E-state index in [9.17, 15) is 4.79 Å². The Balaban J connectivity index is 1.38. The van der Waals surface area contributed by atoms with Gasteiger partial charge in [-0.3, -0.25) is 9.69 Å². The predicted molar refractivity (Wildman–Crippen MR) is 92.7 cm³/mol. The van der Waals surface area contributed by atoms with Gasteiger partial charge in [0.15, 0.2) is 5.58 Å². The summed E-state index contributed by atoms with van der Waals surface area (Å²) >= 11 is 0. The van der Waals surface area contributed by atoms with Crippen LogP contribution in [-0.2, 0) is 4.79 Å². The summed E-state index contributed by atoms with van der Waals surface area (Å²) in [5.74, 6) is -0.127. The van der Waals surface area contributed by atoms with Crippen molar-refractivity contribution in [2.75, 3.05) is 31.1 Å². The Morgan fingerprint density at radius 1 is 1.17 bits per heavy atom. The number of nitrogens with two attached hydrogens (primary N) is 1. The van der Waals surface area contributed by atoms with Crippen LogP contribution in [0.4, 0.5) is 6.01 Å². The maximum atomic E-state index is 11.5. The van der Waals surface area contributed by atoms with Crippen molar-refractivity contribution in [1.29, 1.82) is 0 Å². The molecule has 4 rings (SSSR count). The lowest BCUT2D eigenvalue weighted by Crippen LogP contribution is -2.50. The summed E-state index contributed by atoms with van der Waals surface area (Å²) < 4.78 is 5.88. The van der Waals surface area contributed by atoms with E-state index in [1.807, 2.05) is 24.3 Å². The SMILES string of the molecule is NC(=O)C1CCCN(C2CCN(c3nc4ccccc4o3)CC2)C1. The van der Waals surface area contributed by atoms with Gasteiger partial charge >= 0.3 is 0 Å². The molecule has 0 spiro atoms. The van der Waals surface area contributed by atoms with E-state index in [0.717, 1.165) is 69.0 Å². The van der Waals surface area contributed by atoms with Gasteiger partial charge in [0.05, 0.1) is 5.92 Å². The number of primary amides is 1. The molecule has 3 heterocycles. The fraction of sp³-hybridized carbons (Fsp3) is 0.556. The van der Waals surface area contributed by atoms with Gasteiger partial charge in [0.1, 0.15) is 5.52 Å². The summed E-state index contributed by atoms with van der Waals surface area (Å²) in [5.41, 5.74) is 7.25. The van der Waals surface area contributed by atoms with E-state index >= 15 is 0 Å². The molecule has 2 aromatic rings. The average Bonchev–Trinajstić information content (AvgIpc) is 3.06. The largest absolute Gasteiger partial charge is 0.423 e. The number of likely N-dealkylation sites (tertiary alicyclic amines) is 1. The standard InChI is InChI=1S/C18H24N4O2/c19-17(23)13-4-3-9-22(12-13)14-7-10-21(11-8-14)18-20-15-5-1-2-6-16(15)24-18/h1-2,5-6,13-14H,3-4,7-12H2,(H2,19,23). The molecule has 2 fully saturated rings. The molecule has 2 aliphatic heterocycles. The highest BCUT2D eigenvalue weighted by Crippen LogP contribution is 2.27. The number of oxazole rings is 1. The van der Waals surface area contributed by atoms with Crippen molar-refractivity contribution in [3.8, 4) is 0 Å². The Kier molecular flexibility index (Phi) is 4.14. The minimum absolute atomic E-state index is 0.0221. The topological polar surface area (TPSA) is 75.6 Å². The molecule has 1 aromatic heterocycles. The quantitative estimate of drug-likeness (QED) is 0.932. The number of para-hydroxylation sites is 2. The van der Waals surface area contributed by atoms with Crippen molar-refractivity contribution >= 4 is 23.0 Å². The molecular weight excluding hydrogens is 304 g/mol. The van der Waals surface area contributed by atoms with E-state index < -0.39 is 0 Å². The van der Waals surface area contributed by atoms with E-state index in [1.54, 1.807) is 0 Å². The molecule has 6 nitrogen and oxygen atoms in total. The lowest BCUT2D eigenvalue weighted by atomic mass is 9.93.